The molecule has 0 radical (unpaired) electrons. The van der Waals surface area contributed by atoms with Crippen LogP contribution >= 0.6 is 11.8 Å². The lowest BCUT2D eigenvalue weighted by atomic mass is 10.2. The molecular weight excluding hydrogens is 226 g/mol. The summed E-state index contributed by atoms with van der Waals surface area (Å²) in [6, 6.07) is 20.7. The van der Waals surface area contributed by atoms with Crippen LogP contribution in [0.4, 0.5) is 0 Å². The molecule has 3 aromatic rings. The molecule has 0 aliphatic carbocycles. The summed E-state index contributed by atoms with van der Waals surface area (Å²) in [7, 11) is 0. The van der Waals surface area contributed by atoms with Gasteiger partial charge >= 0.3 is 0 Å². The van der Waals surface area contributed by atoms with Crippen molar-refractivity contribution in [3.05, 3.63) is 66.9 Å². The third-order valence-electron chi connectivity index (χ3n) is 2.59. The van der Waals surface area contributed by atoms with E-state index in [0.717, 1.165) is 5.03 Å². The Kier molecular flexibility index (Phi) is 2.80. The van der Waals surface area contributed by atoms with E-state index in [9.17, 15) is 0 Å². The van der Waals surface area contributed by atoms with Crippen LogP contribution in [0, 0.1) is 0 Å². The normalized spacial score (nSPS) is 10.6. The van der Waals surface area contributed by atoms with E-state index >= 15 is 0 Å². The van der Waals surface area contributed by atoms with Crippen molar-refractivity contribution >= 4 is 22.5 Å². The topological polar surface area (TPSA) is 12.9 Å². The van der Waals surface area contributed by atoms with Gasteiger partial charge in [0.25, 0.3) is 0 Å². The molecule has 0 saturated heterocycles. The number of rotatable bonds is 2. The number of fused-ring (bicyclic) bond motifs is 1. The van der Waals surface area contributed by atoms with Crippen LogP contribution in [-0.4, -0.2) is 4.98 Å². The Morgan fingerprint density at radius 1 is 0.765 bits per heavy atom. The van der Waals surface area contributed by atoms with Crippen molar-refractivity contribution in [2.24, 2.45) is 0 Å². The molecule has 0 unspecified atom stereocenters. The summed E-state index contributed by atoms with van der Waals surface area (Å²) in [6.45, 7) is 0. The highest BCUT2D eigenvalue weighted by Crippen LogP contribution is 2.31. The summed E-state index contributed by atoms with van der Waals surface area (Å²) in [5, 5.41) is 3.51. The van der Waals surface area contributed by atoms with Gasteiger partial charge in [0.1, 0.15) is 5.03 Å². The molecular formula is C15H11NS. The highest BCUT2D eigenvalue weighted by molar-refractivity contribution is 7.99. The standard InChI is InChI=1S/C15H11NS/c1-2-7-13(8-3-1)17-15-14-9-5-4-6-12(14)10-11-16-15/h1-11H. The van der Waals surface area contributed by atoms with Gasteiger partial charge in [-0.05, 0) is 23.6 Å². The summed E-state index contributed by atoms with van der Waals surface area (Å²) in [5.41, 5.74) is 0. The van der Waals surface area contributed by atoms with Gasteiger partial charge in [-0.25, -0.2) is 4.98 Å². The van der Waals surface area contributed by atoms with Gasteiger partial charge in [-0.3, -0.25) is 0 Å². The predicted octanol–water partition coefficient (Wildman–Crippen LogP) is 4.39. The molecule has 0 spiro atoms. The van der Waals surface area contributed by atoms with Crippen molar-refractivity contribution in [1.82, 2.24) is 4.98 Å². The Labute approximate surface area is 105 Å². The van der Waals surface area contributed by atoms with Crippen LogP contribution in [-0.2, 0) is 0 Å². The van der Waals surface area contributed by atoms with Crippen LogP contribution < -0.4 is 0 Å². The molecule has 0 aliphatic rings. The van der Waals surface area contributed by atoms with Gasteiger partial charge in [0.15, 0.2) is 0 Å². The van der Waals surface area contributed by atoms with Gasteiger partial charge in [0.05, 0.1) is 0 Å². The van der Waals surface area contributed by atoms with E-state index < -0.39 is 0 Å². The van der Waals surface area contributed by atoms with Crippen molar-refractivity contribution < 1.29 is 0 Å². The molecule has 1 heterocycles. The molecule has 2 aromatic carbocycles. The van der Waals surface area contributed by atoms with Crippen molar-refractivity contribution in [1.29, 1.82) is 0 Å². The summed E-state index contributed by atoms with van der Waals surface area (Å²) in [6.07, 6.45) is 1.87. The number of nitrogens with zero attached hydrogens (tertiary/aromatic N) is 1. The molecule has 1 aromatic heterocycles. The first kappa shape index (κ1) is 10.4. The highest BCUT2D eigenvalue weighted by Gasteiger charge is 2.03. The lowest BCUT2D eigenvalue weighted by Gasteiger charge is -2.04. The molecule has 17 heavy (non-hydrogen) atoms. The Morgan fingerprint density at radius 3 is 2.41 bits per heavy atom. The lowest BCUT2D eigenvalue weighted by Crippen LogP contribution is -1.82. The summed E-state index contributed by atoms with van der Waals surface area (Å²) >= 11 is 1.71. The summed E-state index contributed by atoms with van der Waals surface area (Å²) < 4.78 is 0. The molecule has 1 nitrogen and oxygen atoms in total. The molecule has 0 amide bonds. The average molecular weight is 237 g/mol. The van der Waals surface area contributed by atoms with Crippen LogP contribution in [0.25, 0.3) is 10.8 Å². The Bertz CT molecular complexity index is 629. The van der Waals surface area contributed by atoms with Gasteiger partial charge in [0, 0.05) is 16.5 Å². The fourth-order valence-corrected chi connectivity index (χ4v) is 2.70. The van der Waals surface area contributed by atoms with Gasteiger partial charge in [-0.15, -0.1) is 0 Å². The van der Waals surface area contributed by atoms with E-state index in [1.54, 1.807) is 11.8 Å². The first-order chi connectivity index (χ1) is 8.43. The van der Waals surface area contributed by atoms with Crippen molar-refractivity contribution in [2.75, 3.05) is 0 Å². The largest absolute Gasteiger partial charge is 0.249 e. The molecule has 0 saturated carbocycles. The monoisotopic (exact) mass is 237 g/mol. The quantitative estimate of drug-likeness (QED) is 0.655. The van der Waals surface area contributed by atoms with E-state index in [1.165, 1.54) is 15.7 Å². The van der Waals surface area contributed by atoms with Gasteiger partial charge in [-0.2, -0.15) is 0 Å². The van der Waals surface area contributed by atoms with E-state index in [-0.39, 0.29) is 0 Å². The molecule has 2 heteroatoms. The van der Waals surface area contributed by atoms with E-state index in [0.29, 0.717) is 0 Å². The fraction of sp³-hybridized carbons (Fsp3) is 0. The SMILES string of the molecule is c1ccc(Sc2nccc3ccccc23)cc1. The van der Waals surface area contributed by atoms with Crippen molar-refractivity contribution in [3.8, 4) is 0 Å². The zero-order chi connectivity index (χ0) is 11.5. The molecule has 0 atom stereocenters. The minimum Gasteiger partial charge on any atom is -0.249 e. The molecule has 0 aliphatic heterocycles. The second-order valence-electron chi connectivity index (χ2n) is 3.75. The van der Waals surface area contributed by atoms with Gasteiger partial charge in [-0.1, -0.05) is 54.2 Å². The van der Waals surface area contributed by atoms with E-state index in [1.807, 2.05) is 30.5 Å². The minimum atomic E-state index is 1.06. The third-order valence-corrected chi connectivity index (χ3v) is 3.62. The first-order valence-corrected chi connectivity index (χ1v) is 6.32. The first-order valence-electron chi connectivity index (χ1n) is 5.50. The average Bonchev–Trinajstić information content (AvgIpc) is 2.40. The van der Waals surface area contributed by atoms with Gasteiger partial charge in [0.2, 0.25) is 0 Å². The molecule has 0 N–H and O–H groups in total. The molecule has 0 bridgehead atoms. The maximum absolute atomic E-state index is 4.47. The van der Waals surface area contributed by atoms with Crippen LogP contribution in [0.15, 0.2) is 76.8 Å². The fourth-order valence-electron chi connectivity index (χ4n) is 1.77. The van der Waals surface area contributed by atoms with Crippen LogP contribution in [0.5, 0.6) is 0 Å². The Morgan fingerprint density at radius 2 is 1.53 bits per heavy atom. The highest BCUT2D eigenvalue weighted by atomic mass is 32.2. The number of pyridine rings is 1. The van der Waals surface area contributed by atoms with Crippen molar-refractivity contribution in [3.63, 3.8) is 0 Å². The number of aromatic nitrogens is 1. The second-order valence-corrected chi connectivity index (χ2v) is 4.81. The second kappa shape index (κ2) is 4.60. The van der Waals surface area contributed by atoms with Crippen LogP contribution in [0.3, 0.4) is 0 Å². The number of benzene rings is 2. The summed E-state index contributed by atoms with van der Waals surface area (Å²) in [5.74, 6) is 0. The predicted molar refractivity (Wildman–Crippen MR) is 72.3 cm³/mol. The Hall–Kier alpha value is -1.80. The zero-order valence-corrected chi connectivity index (χ0v) is 10.0. The van der Waals surface area contributed by atoms with Gasteiger partial charge < -0.3 is 0 Å². The maximum atomic E-state index is 4.47. The number of hydrogen-bond donors (Lipinski definition) is 0. The van der Waals surface area contributed by atoms with Crippen LogP contribution in [0.1, 0.15) is 0 Å². The van der Waals surface area contributed by atoms with Crippen molar-refractivity contribution in [2.45, 2.75) is 9.92 Å². The molecule has 82 valence electrons. The Balaban J connectivity index is 2.06. The third kappa shape index (κ3) is 2.17. The smallest absolute Gasteiger partial charge is 0.109 e. The van der Waals surface area contributed by atoms with E-state index in [4.69, 9.17) is 0 Å². The van der Waals surface area contributed by atoms with E-state index in [2.05, 4.69) is 41.4 Å². The zero-order valence-electron chi connectivity index (χ0n) is 9.21. The maximum Gasteiger partial charge on any atom is 0.109 e. The number of hydrogen-bond acceptors (Lipinski definition) is 2. The minimum absolute atomic E-state index is 1.06. The molecule has 3 rings (SSSR count). The van der Waals surface area contributed by atoms with Crippen LogP contribution in [0.2, 0.25) is 0 Å². The molecule has 0 fully saturated rings. The summed E-state index contributed by atoms with van der Waals surface area (Å²) in [4.78, 5) is 5.68. The lowest BCUT2D eigenvalue weighted by molar-refractivity contribution is 1.17.